The van der Waals surface area contributed by atoms with Crippen LogP contribution in [-0.2, 0) is 21.4 Å². The number of carbonyl (C=O) groups excluding carboxylic acids is 1. The highest BCUT2D eigenvalue weighted by molar-refractivity contribution is 8.00. The van der Waals surface area contributed by atoms with Crippen LogP contribution in [0.1, 0.15) is 33.6 Å². The minimum atomic E-state index is -3.50. The van der Waals surface area contributed by atoms with E-state index in [4.69, 9.17) is 0 Å². The third kappa shape index (κ3) is 4.24. The van der Waals surface area contributed by atoms with E-state index in [0.29, 0.717) is 5.52 Å². The Labute approximate surface area is 153 Å². The Bertz CT molecular complexity index is 873. The second-order valence-corrected chi connectivity index (χ2v) is 9.67. The van der Waals surface area contributed by atoms with Crippen molar-refractivity contribution in [1.29, 1.82) is 0 Å². The van der Waals surface area contributed by atoms with Gasteiger partial charge < -0.3 is 4.57 Å². The van der Waals surface area contributed by atoms with Gasteiger partial charge in [0.2, 0.25) is 10.0 Å². The molecule has 1 heterocycles. The lowest BCUT2D eigenvalue weighted by molar-refractivity contribution is -0.116. The highest BCUT2D eigenvalue weighted by Crippen LogP contribution is 2.29. The maximum Gasteiger partial charge on any atom is 0.242 e. The van der Waals surface area contributed by atoms with Gasteiger partial charge in [-0.1, -0.05) is 25.1 Å². The Hall–Kier alpha value is -1.38. The largest absolute Gasteiger partial charge is 0.319 e. The second-order valence-electron chi connectivity index (χ2n) is 6.21. The summed E-state index contributed by atoms with van der Waals surface area (Å²) in [6.07, 6.45) is 2.03. The smallest absolute Gasteiger partial charge is 0.242 e. The summed E-state index contributed by atoms with van der Waals surface area (Å²) in [5.74, 6) is 0.0926. The standard InChI is InChI=1S/C17H25N3O3S2/c1-6-7-10-20-16-9-8-14(25(22,23)19(4)5)11-15(16)18-17(20)24-13(3)12(2)21/h8-9,11,13H,6-7,10H2,1-5H3. The fourth-order valence-corrected chi connectivity index (χ4v) is 4.19. The highest BCUT2D eigenvalue weighted by atomic mass is 32.2. The van der Waals surface area contributed by atoms with Gasteiger partial charge in [0.05, 0.1) is 21.2 Å². The van der Waals surface area contributed by atoms with Crippen LogP contribution in [0.5, 0.6) is 0 Å². The van der Waals surface area contributed by atoms with Gasteiger partial charge in [0.1, 0.15) is 5.78 Å². The van der Waals surface area contributed by atoms with Crippen LogP contribution >= 0.6 is 11.8 Å². The van der Waals surface area contributed by atoms with E-state index < -0.39 is 10.0 Å². The van der Waals surface area contributed by atoms with Gasteiger partial charge in [-0.25, -0.2) is 17.7 Å². The molecule has 0 spiro atoms. The van der Waals surface area contributed by atoms with Gasteiger partial charge in [-0.2, -0.15) is 0 Å². The average Bonchev–Trinajstić information content (AvgIpc) is 2.88. The first-order chi connectivity index (χ1) is 11.7. The van der Waals surface area contributed by atoms with Crippen LogP contribution in [0.3, 0.4) is 0 Å². The van der Waals surface area contributed by atoms with Crippen LogP contribution in [0.4, 0.5) is 0 Å². The molecule has 0 aliphatic heterocycles. The molecule has 0 N–H and O–H groups in total. The summed E-state index contributed by atoms with van der Waals surface area (Å²) in [5.41, 5.74) is 1.53. The second kappa shape index (κ2) is 7.88. The zero-order valence-electron chi connectivity index (χ0n) is 15.3. The van der Waals surface area contributed by atoms with E-state index in [1.54, 1.807) is 25.1 Å². The molecule has 0 radical (unpaired) electrons. The van der Waals surface area contributed by atoms with E-state index in [0.717, 1.165) is 30.1 Å². The van der Waals surface area contributed by atoms with E-state index in [1.165, 1.54) is 30.2 Å². The molecule has 2 rings (SSSR count). The van der Waals surface area contributed by atoms with E-state index in [1.807, 2.05) is 6.92 Å². The molecular formula is C17H25N3O3S2. The van der Waals surface area contributed by atoms with E-state index in [2.05, 4.69) is 16.5 Å². The summed E-state index contributed by atoms with van der Waals surface area (Å²) in [6, 6.07) is 5.02. The zero-order valence-corrected chi connectivity index (χ0v) is 16.9. The lowest BCUT2D eigenvalue weighted by Gasteiger charge is -2.12. The van der Waals surface area contributed by atoms with Crippen LogP contribution < -0.4 is 0 Å². The topological polar surface area (TPSA) is 72.3 Å². The quantitative estimate of drug-likeness (QED) is 0.655. The van der Waals surface area contributed by atoms with Gasteiger partial charge in [0.25, 0.3) is 0 Å². The van der Waals surface area contributed by atoms with Gasteiger partial charge in [-0.15, -0.1) is 0 Å². The van der Waals surface area contributed by atoms with Gasteiger partial charge in [0.15, 0.2) is 5.16 Å². The fourth-order valence-electron chi connectivity index (χ4n) is 2.32. The summed E-state index contributed by atoms with van der Waals surface area (Å²) in [5, 5.41) is 0.563. The van der Waals surface area contributed by atoms with Crippen LogP contribution in [0.15, 0.2) is 28.3 Å². The molecule has 0 aliphatic rings. The number of hydrogen-bond donors (Lipinski definition) is 0. The first-order valence-corrected chi connectivity index (χ1v) is 10.6. The number of nitrogens with zero attached hydrogens (tertiary/aromatic N) is 3. The van der Waals surface area contributed by atoms with E-state index in [9.17, 15) is 13.2 Å². The third-order valence-corrected chi connectivity index (χ3v) is 7.07. The molecule has 0 aliphatic carbocycles. The first kappa shape index (κ1) is 19.9. The van der Waals surface area contributed by atoms with Crippen molar-refractivity contribution in [3.05, 3.63) is 18.2 Å². The van der Waals surface area contributed by atoms with Crippen LogP contribution in [0, 0.1) is 0 Å². The number of aromatic nitrogens is 2. The Kier molecular flexibility index (Phi) is 6.29. The minimum Gasteiger partial charge on any atom is -0.319 e. The SMILES string of the molecule is CCCCn1c(SC(C)C(C)=O)nc2cc(S(=O)(=O)N(C)C)ccc21. The normalized spacial score (nSPS) is 13.5. The molecule has 0 fully saturated rings. The summed E-state index contributed by atoms with van der Waals surface area (Å²) in [6.45, 7) is 6.34. The van der Waals surface area contributed by atoms with Gasteiger partial charge in [-0.05, 0) is 38.5 Å². The van der Waals surface area contributed by atoms with Crippen molar-refractivity contribution in [2.24, 2.45) is 0 Å². The number of sulfonamides is 1. The van der Waals surface area contributed by atoms with Crippen molar-refractivity contribution in [3.63, 3.8) is 0 Å². The van der Waals surface area contributed by atoms with Crippen molar-refractivity contribution in [2.45, 2.75) is 55.5 Å². The molecule has 8 heteroatoms. The Morgan fingerprint density at radius 3 is 2.60 bits per heavy atom. The number of fused-ring (bicyclic) bond motifs is 1. The zero-order chi connectivity index (χ0) is 18.8. The molecule has 1 aromatic heterocycles. The number of ketones is 1. The molecule has 0 bridgehead atoms. The maximum absolute atomic E-state index is 12.3. The lowest BCUT2D eigenvalue weighted by Crippen LogP contribution is -2.22. The first-order valence-electron chi connectivity index (χ1n) is 8.28. The molecule has 0 amide bonds. The lowest BCUT2D eigenvalue weighted by atomic mass is 10.3. The Morgan fingerprint density at radius 2 is 2.04 bits per heavy atom. The number of Topliss-reactive ketones (excluding diaryl/α,β-unsaturated/α-hetero) is 1. The number of rotatable bonds is 8. The molecule has 1 atom stereocenters. The molecule has 2 aromatic rings. The molecule has 1 unspecified atom stereocenters. The van der Waals surface area contributed by atoms with Crippen LogP contribution in [0.25, 0.3) is 11.0 Å². The molecular weight excluding hydrogens is 358 g/mol. The van der Waals surface area contributed by atoms with E-state index in [-0.39, 0.29) is 15.9 Å². The number of imidazole rings is 1. The predicted molar refractivity (Wildman–Crippen MR) is 102 cm³/mol. The average molecular weight is 384 g/mol. The Morgan fingerprint density at radius 1 is 1.36 bits per heavy atom. The maximum atomic E-state index is 12.3. The number of hydrogen-bond acceptors (Lipinski definition) is 5. The number of unbranched alkanes of at least 4 members (excludes halogenated alkanes) is 1. The molecule has 0 saturated heterocycles. The summed E-state index contributed by atoms with van der Waals surface area (Å²) in [4.78, 5) is 16.4. The van der Waals surface area contributed by atoms with Crippen molar-refractivity contribution < 1.29 is 13.2 Å². The summed E-state index contributed by atoms with van der Waals surface area (Å²) < 4.78 is 28.0. The number of aryl methyl sites for hydroxylation is 1. The van der Waals surface area contributed by atoms with Crippen molar-refractivity contribution >= 4 is 38.6 Å². The molecule has 25 heavy (non-hydrogen) atoms. The number of carbonyl (C=O) groups is 1. The predicted octanol–water partition coefficient (Wildman–Crippen LogP) is 3.16. The third-order valence-electron chi connectivity index (χ3n) is 4.05. The highest BCUT2D eigenvalue weighted by Gasteiger charge is 2.21. The van der Waals surface area contributed by atoms with Gasteiger partial charge >= 0.3 is 0 Å². The van der Waals surface area contributed by atoms with Crippen LogP contribution in [0.2, 0.25) is 0 Å². The summed E-state index contributed by atoms with van der Waals surface area (Å²) in [7, 11) is -0.484. The molecule has 138 valence electrons. The van der Waals surface area contributed by atoms with Crippen molar-refractivity contribution in [3.8, 4) is 0 Å². The number of thioether (sulfide) groups is 1. The summed E-state index contributed by atoms with van der Waals surface area (Å²) >= 11 is 1.42. The molecule has 0 saturated carbocycles. The molecule has 1 aromatic carbocycles. The number of benzene rings is 1. The van der Waals surface area contributed by atoms with E-state index >= 15 is 0 Å². The van der Waals surface area contributed by atoms with Gasteiger partial charge in [-0.3, -0.25) is 4.79 Å². The minimum absolute atomic E-state index is 0.0926. The van der Waals surface area contributed by atoms with Crippen LogP contribution in [-0.4, -0.2) is 47.4 Å². The van der Waals surface area contributed by atoms with Crippen molar-refractivity contribution in [2.75, 3.05) is 14.1 Å². The van der Waals surface area contributed by atoms with Gasteiger partial charge in [0, 0.05) is 20.6 Å². The van der Waals surface area contributed by atoms with Crippen molar-refractivity contribution in [1.82, 2.24) is 13.9 Å². The Balaban J connectivity index is 2.54. The molecule has 6 nitrogen and oxygen atoms in total. The monoisotopic (exact) mass is 383 g/mol. The fraction of sp³-hybridized carbons (Fsp3) is 0.529.